The van der Waals surface area contributed by atoms with E-state index < -0.39 is 36.3 Å². The molecule has 7 nitrogen and oxygen atoms in total. The number of anilines is 2. The van der Waals surface area contributed by atoms with Gasteiger partial charge in [-0.2, -0.15) is 0 Å². The van der Waals surface area contributed by atoms with E-state index in [1.165, 1.54) is 4.90 Å². The number of carbonyl (C=O) groups is 4. The topological polar surface area (TPSA) is 78.0 Å². The first kappa shape index (κ1) is 18.2. The Hall–Kier alpha value is -3.13. The first-order chi connectivity index (χ1) is 13.4. The maximum Gasteiger partial charge on any atom is 0.334 e. The molecule has 0 aliphatic carbocycles. The summed E-state index contributed by atoms with van der Waals surface area (Å²) in [6.45, 7) is 2.78. The van der Waals surface area contributed by atoms with Crippen molar-refractivity contribution in [3.63, 3.8) is 0 Å². The summed E-state index contributed by atoms with van der Waals surface area (Å²) in [6.07, 6.45) is 0. The van der Waals surface area contributed by atoms with Gasteiger partial charge < -0.3 is 0 Å². The average Bonchev–Trinajstić information content (AvgIpc) is 2.89. The Balaban J connectivity index is 1.69. The van der Waals surface area contributed by atoms with Gasteiger partial charge in [0, 0.05) is 15.8 Å². The second-order valence-electron chi connectivity index (χ2n) is 6.71. The van der Waals surface area contributed by atoms with Gasteiger partial charge in [-0.05, 0) is 38.1 Å². The van der Waals surface area contributed by atoms with Crippen LogP contribution >= 0.6 is 11.8 Å². The Morgan fingerprint density at radius 2 is 1.43 bits per heavy atom. The predicted octanol–water partition coefficient (Wildman–Crippen LogP) is 3.02. The number of urea groups is 1. The van der Waals surface area contributed by atoms with E-state index in [-0.39, 0.29) is 0 Å². The van der Waals surface area contributed by atoms with E-state index in [2.05, 4.69) is 0 Å². The van der Waals surface area contributed by atoms with Crippen LogP contribution in [0, 0.1) is 0 Å². The molecule has 0 saturated carbocycles. The molecule has 0 bridgehead atoms. The van der Waals surface area contributed by atoms with Crippen LogP contribution in [0.3, 0.4) is 0 Å². The van der Waals surface area contributed by atoms with Crippen molar-refractivity contribution in [2.75, 3.05) is 11.4 Å². The number of carbonyl (C=O) groups excluding carboxylic acids is 4. The lowest BCUT2D eigenvalue weighted by atomic mass is 10.2. The summed E-state index contributed by atoms with van der Waals surface area (Å²) in [6, 6.07) is 13.6. The lowest BCUT2D eigenvalue weighted by Gasteiger charge is -2.31. The fraction of sp³-hybridized carbons (Fsp3) is 0.200. The molecule has 0 radical (unpaired) electrons. The van der Waals surface area contributed by atoms with Crippen LogP contribution in [0.15, 0.2) is 58.3 Å². The van der Waals surface area contributed by atoms with Crippen molar-refractivity contribution in [3.8, 4) is 0 Å². The fourth-order valence-corrected chi connectivity index (χ4v) is 4.35. The van der Waals surface area contributed by atoms with Gasteiger partial charge in [0.05, 0.1) is 11.4 Å². The third-order valence-electron chi connectivity index (χ3n) is 4.58. The number of nitrogens with zero attached hydrogens (tertiary/aromatic N) is 3. The summed E-state index contributed by atoms with van der Waals surface area (Å²) in [5.74, 6) is -2.33. The molecule has 0 spiro atoms. The minimum atomic E-state index is -0.972. The van der Waals surface area contributed by atoms with Gasteiger partial charge in [-0.15, -0.1) is 0 Å². The first-order valence-corrected chi connectivity index (χ1v) is 9.59. The van der Waals surface area contributed by atoms with Crippen LogP contribution in [0.1, 0.15) is 13.8 Å². The standard InChI is InChI=1S/C20H17N3O4S/c1-12(2)22-19(26)18(25)21(20(22)27)11-17(24)23-13-7-3-5-9-15(13)28-16-10-6-4-8-14(16)23/h3-10,12H,11H2,1-2H3. The SMILES string of the molecule is CC(C)N1C(=O)C(=O)N(CC(=O)N2c3ccccc3Sc3ccccc32)C1=O. The predicted molar refractivity (Wildman–Crippen MR) is 103 cm³/mol. The molecular weight excluding hydrogens is 378 g/mol. The monoisotopic (exact) mass is 395 g/mol. The van der Waals surface area contributed by atoms with E-state index in [9.17, 15) is 19.2 Å². The average molecular weight is 395 g/mol. The Labute approximate surface area is 165 Å². The van der Waals surface area contributed by atoms with Gasteiger partial charge in [-0.1, -0.05) is 36.0 Å². The van der Waals surface area contributed by atoms with Crippen molar-refractivity contribution in [2.45, 2.75) is 29.7 Å². The molecule has 2 aromatic carbocycles. The zero-order valence-electron chi connectivity index (χ0n) is 15.3. The van der Waals surface area contributed by atoms with Gasteiger partial charge in [-0.3, -0.25) is 24.2 Å². The number of rotatable bonds is 3. The van der Waals surface area contributed by atoms with E-state index in [0.717, 1.165) is 19.6 Å². The van der Waals surface area contributed by atoms with Crippen LogP contribution in [-0.2, 0) is 14.4 Å². The quantitative estimate of drug-likeness (QED) is 0.590. The first-order valence-electron chi connectivity index (χ1n) is 8.78. The molecule has 8 heteroatoms. The smallest absolute Gasteiger partial charge is 0.277 e. The summed E-state index contributed by atoms with van der Waals surface area (Å²) < 4.78 is 0. The highest BCUT2D eigenvalue weighted by Gasteiger charge is 2.47. The van der Waals surface area contributed by atoms with Gasteiger partial charge in [0.2, 0.25) is 0 Å². The Bertz CT molecular complexity index is 975. The van der Waals surface area contributed by atoms with Crippen LogP contribution in [0.4, 0.5) is 16.2 Å². The third-order valence-corrected chi connectivity index (χ3v) is 5.71. The molecule has 0 aromatic heterocycles. The number of hydrogen-bond acceptors (Lipinski definition) is 5. The van der Waals surface area contributed by atoms with Crippen LogP contribution in [0.25, 0.3) is 0 Å². The van der Waals surface area contributed by atoms with E-state index in [0.29, 0.717) is 11.4 Å². The lowest BCUT2D eigenvalue weighted by Crippen LogP contribution is -2.43. The molecule has 0 unspecified atom stereocenters. The fourth-order valence-electron chi connectivity index (χ4n) is 3.30. The minimum Gasteiger partial charge on any atom is -0.277 e. The lowest BCUT2D eigenvalue weighted by molar-refractivity contribution is -0.144. The highest BCUT2D eigenvalue weighted by Crippen LogP contribution is 2.47. The van der Waals surface area contributed by atoms with E-state index in [1.807, 2.05) is 48.5 Å². The van der Waals surface area contributed by atoms with Crippen molar-refractivity contribution >= 4 is 46.9 Å². The minimum absolute atomic E-state index is 0.458. The normalized spacial score (nSPS) is 16.0. The van der Waals surface area contributed by atoms with Gasteiger partial charge >= 0.3 is 17.8 Å². The zero-order chi connectivity index (χ0) is 20.0. The summed E-state index contributed by atoms with van der Waals surface area (Å²) in [4.78, 5) is 55.0. The van der Waals surface area contributed by atoms with Crippen molar-refractivity contribution in [2.24, 2.45) is 0 Å². The van der Waals surface area contributed by atoms with Crippen LogP contribution in [-0.4, -0.2) is 46.1 Å². The number of imide groups is 2. The molecule has 5 amide bonds. The maximum atomic E-state index is 13.2. The molecule has 2 heterocycles. The molecule has 28 heavy (non-hydrogen) atoms. The molecule has 2 aliphatic rings. The number of hydrogen-bond donors (Lipinski definition) is 0. The van der Waals surface area contributed by atoms with Gasteiger partial charge in [0.15, 0.2) is 0 Å². The highest BCUT2D eigenvalue weighted by atomic mass is 32.2. The summed E-state index contributed by atoms with van der Waals surface area (Å²) in [5.41, 5.74) is 1.37. The number of para-hydroxylation sites is 2. The summed E-state index contributed by atoms with van der Waals surface area (Å²) in [7, 11) is 0. The molecule has 2 aliphatic heterocycles. The van der Waals surface area contributed by atoms with Gasteiger partial charge in [0.25, 0.3) is 5.91 Å². The number of fused-ring (bicyclic) bond motifs is 2. The molecule has 0 N–H and O–H groups in total. The van der Waals surface area contributed by atoms with Crippen molar-refractivity contribution in [1.82, 2.24) is 9.80 Å². The highest BCUT2D eigenvalue weighted by molar-refractivity contribution is 7.99. The summed E-state index contributed by atoms with van der Waals surface area (Å²) in [5, 5.41) is 0. The van der Waals surface area contributed by atoms with E-state index in [4.69, 9.17) is 0 Å². The Kier molecular flexibility index (Phi) is 4.43. The summed E-state index contributed by atoms with van der Waals surface area (Å²) >= 11 is 1.55. The molecule has 1 saturated heterocycles. The van der Waals surface area contributed by atoms with Gasteiger partial charge in [0.1, 0.15) is 6.54 Å². The molecule has 4 rings (SSSR count). The molecule has 2 aromatic rings. The van der Waals surface area contributed by atoms with Crippen LogP contribution < -0.4 is 4.90 Å². The van der Waals surface area contributed by atoms with Crippen molar-refractivity contribution < 1.29 is 19.2 Å². The van der Waals surface area contributed by atoms with E-state index in [1.54, 1.807) is 25.6 Å². The second-order valence-corrected chi connectivity index (χ2v) is 7.79. The molecule has 142 valence electrons. The van der Waals surface area contributed by atoms with Crippen LogP contribution in [0.2, 0.25) is 0 Å². The molecular formula is C20H17N3O4S. The maximum absolute atomic E-state index is 13.2. The Morgan fingerprint density at radius 1 is 0.893 bits per heavy atom. The number of amides is 5. The largest absolute Gasteiger partial charge is 0.334 e. The van der Waals surface area contributed by atoms with Gasteiger partial charge in [-0.25, -0.2) is 9.69 Å². The zero-order valence-corrected chi connectivity index (χ0v) is 16.1. The van der Waals surface area contributed by atoms with Crippen LogP contribution in [0.5, 0.6) is 0 Å². The Morgan fingerprint density at radius 3 is 1.93 bits per heavy atom. The molecule has 0 atom stereocenters. The molecule has 1 fully saturated rings. The van der Waals surface area contributed by atoms with E-state index >= 15 is 0 Å². The van der Waals surface area contributed by atoms with Crippen molar-refractivity contribution in [3.05, 3.63) is 48.5 Å². The third kappa shape index (κ3) is 2.77. The van der Waals surface area contributed by atoms with Crippen molar-refractivity contribution in [1.29, 1.82) is 0 Å². The second kappa shape index (κ2) is 6.79. The number of benzene rings is 2.